The average molecular weight is 588 g/mol. The summed E-state index contributed by atoms with van der Waals surface area (Å²) in [6, 6.07) is 20.0. The molecule has 0 spiro atoms. The number of anilines is 1. The Morgan fingerprint density at radius 3 is 2.20 bits per heavy atom. The number of halogens is 1. The van der Waals surface area contributed by atoms with Gasteiger partial charge >= 0.3 is 0 Å². The van der Waals surface area contributed by atoms with E-state index in [4.69, 9.17) is 21.1 Å². The number of amides is 2. The first kappa shape index (κ1) is 30.8. The minimum absolute atomic E-state index is 0.0575. The van der Waals surface area contributed by atoms with Crippen LogP contribution >= 0.6 is 11.6 Å². The lowest BCUT2D eigenvalue weighted by molar-refractivity contribution is -0.140. The molecule has 0 radical (unpaired) electrons. The standard InChI is InChI=1S/C29H34ClN3O6S/c1-5-31-29(35)26(17-21-9-7-6-8-10-21)32(19-22-11-13-23(30)14-12-22)28(34)20-33(40(4,36)37)25-16-15-24(38-2)18-27(25)39-3/h6-16,18,26H,5,17,19-20H2,1-4H3,(H,31,35)/t26-/m0/s1. The monoisotopic (exact) mass is 587 g/mol. The molecule has 3 aromatic rings. The molecule has 0 unspecified atom stereocenters. The predicted molar refractivity (Wildman–Crippen MR) is 156 cm³/mol. The van der Waals surface area contributed by atoms with Crippen LogP contribution in [-0.4, -0.2) is 64.7 Å². The molecule has 0 saturated heterocycles. The summed E-state index contributed by atoms with van der Waals surface area (Å²) in [5.41, 5.74) is 1.75. The van der Waals surface area contributed by atoms with Crippen molar-refractivity contribution in [3.05, 3.63) is 88.9 Å². The Morgan fingerprint density at radius 2 is 1.62 bits per heavy atom. The Balaban J connectivity index is 2.07. The van der Waals surface area contributed by atoms with Crippen LogP contribution in [0.15, 0.2) is 72.8 Å². The maximum atomic E-state index is 14.1. The topological polar surface area (TPSA) is 105 Å². The Kier molecular flexibility index (Phi) is 10.8. The normalized spacial score (nSPS) is 11.8. The van der Waals surface area contributed by atoms with Crippen LogP contribution < -0.4 is 19.1 Å². The van der Waals surface area contributed by atoms with Gasteiger partial charge in [-0.3, -0.25) is 13.9 Å². The van der Waals surface area contributed by atoms with Crippen molar-refractivity contribution < 1.29 is 27.5 Å². The first-order chi connectivity index (χ1) is 19.1. The number of nitrogens with one attached hydrogen (secondary N) is 1. The van der Waals surface area contributed by atoms with Gasteiger partial charge in [-0.2, -0.15) is 0 Å². The van der Waals surface area contributed by atoms with E-state index in [0.717, 1.165) is 21.7 Å². The summed E-state index contributed by atoms with van der Waals surface area (Å²) >= 11 is 6.07. The number of nitrogens with zero attached hydrogens (tertiary/aromatic N) is 2. The highest BCUT2D eigenvalue weighted by atomic mass is 35.5. The molecule has 11 heteroatoms. The quantitative estimate of drug-likeness (QED) is 0.325. The minimum Gasteiger partial charge on any atom is -0.497 e. The Bertz CT molecular complexity index is 1400. The highest BCUT2D eigenvalue weighted by Crippen LogP contribution is 2.33. The van der Waals surface area contributed by atoms with E-state index in [9.17, 15) is 18.0 Å². The smallest absolute Gasteiger partial charge is 0.244 e. The molecule has 0 bridgehead atoms. The van der Waals surface area contributed by atoms with Gasteiger partial charge < -0.3 is 19.7 Å². The van der Waals surface area contributed by atoms with Crippen LogP contribution in [0.1, 0.15) is 18.1 Å². The third kappa shape index (κ3) is 8.12. The van der Waals surface area contributed by atoms with E-state index in [0.29, 0.717) is 17.3 Å². The predicted octanol–water partition coefficient (Wildman–Crippen LogP) is 3.90. The van der Waals surface area contributed by atoms with Gasteiger partial charge in [0.05, 0.1) is 26.2 Å². The van der Waals surface area contributed by atoms with E-state index in [2.05, 4.69) is 5.32 Å². The molecule has 1 atom stereocenters. The second kappa shape index (κ2) is 14.0. The number of methoxy groups -OCH3 is 2. The fourth-order valence-electron chi connectivity index (χ4n) is 4.22. The molecule has 0 aliphatic carbocycles. The molecule has 2 amide bonds. The van der Waals surface area contributed by atoms with Crippen molar-refractivity contribution in [3.63, 3.8) is 0 Å². The second-order valence-corrected chi connectivity index (χ2v) is 11.4. The summed E-state index contributed by atoms with van der Waals surface area (Å²) in [5, 5.41) is 3.35. The number of hydrogen-bond donors (Lipinski definition) is 1. The number of carbonyl (C=O) groups excluding carboxylic acids is 2. The maximum absolute atomic E-state index is 14.1. The number of carbonyl (C=O) groups is 2. The van der Waals surface area contributed by atoms with Crippen molar-refractivity contribution >= 4 is 39.1 Å². The zero-order chi connectivity index (χ0) is 29.3. The van der Waals surface area contributed by atoms with E-state index >= 15 is 0 Å². The molecular weight excluding hydrogens is 554 g/mol. The minimum atomic E-state index is -3.95. The van der Waals surface area contributed by atoms with Crippen molar-refractivity contribution in [2.24, 2.45) is 0 Å². The summed E-state index contributed by atoms with van der Waals surface area (Å²) in [6.45, 7) is 1.66. The molecular formula is C29H34ClN3O6S. The van der Waals surface area contributed by atoms with Crippen LogP contribution in [0.4, 0.5) is 5.69 Å². The van der Waals surface area contributed by atoms with E-state index in [-0.39, 0.29) is 30.3 Å². The number of rotatable bonds is 13. The molecule has 1 N–H and O–H groups in total. The number of hydrogen-bond acceptors (Lipinski definition) is 6. The molecule has 3 aromatic carbocycles. The van der Waals surface area contributed by atoms with Crippen LogP contribution in [0.2, 0.25) is 5.02 Å². The van der Waals surface area contributed by atoms with Gasteiger partial charge in [0.15, 0.2) is 0 Å². The van der Waals surface area contributed by atoms with Crippen molar-refractivity contribution in [1.29, 1.82) is 0 Å². The molecule has 214 valence electrons. The first-order valence-electron chi connectivity index (χ1n) is 12.6. The van der Waals surface area contributed by atoms with Crippen LogP contribution in [0.3, 0.4) is 0 Å². The number of sulfonamides is 1. The van der Waals surface area contributed by atoms with Gasteiger partial charge in [-0.25, -0.2) is 8.42 Å². The van der Waals surface area contributed by atoms with Crippen LogP contribution in [0.5, 0.6) is 11.5 Å². The largest absolute Gasteiger partial charge is 0.497 e. The fourth-order valence-corrected chi connectivity index (χ4v) is 5.20. The van der Waals surface area contributed by atoms with Crippen molar-refractivity contribution in [2.75, 3.05) is 37.9 Å². The lowest BCUT2D eigenvalue weighted by atomic mass is 10.0. The van der Waals surface area contributed by atoms with Crippen LogP contribution in [0, 0.1) is 0 Å². The Hall–Kier alpha value is -3.76. The molecule has 0 fully saturated rings. The molecule has 3 rings (SSSR count). The molecule has 0 aromatic heterocycles. The lowest BCUT2D eigenvalue weighted by Gasteiger charge is -2.33. The maximum Gasteiger partial charge on any atom is 0.244 e. The Morgan fingerprint density at radius 1 is 0.950 bits per heavy atom. The zero-order valence-electron chi connectivity index (χ0n) is 23.0. The Labute approximate surface area is 240 Å². The third-order valence-corrected chi connectivity index (χ3v) is 7.60. The van der Waals surface area contributed by atoms with Crippen molar-refractivity contribution in [1.82, 2.24) is 10.2 Å². The van der Waals surface area contributed by atoms with Crippen molar-refractivity contribution in [2.45, 2.75) is 25.9 Å². The number of likely N-dealkylation sites (N-methyl/N-ethyl adjacent to an activating group) is 1. The molecule has 0 aliphatic heterocycles. The summed E-state index contributed by atoms with van der Waals surface area (Å²) in [7, 11) is -1.06. The van der Waals surface area contributed by atoms with Crippen LogP contribution in [-0.2, 0) is 32.6 Å². The van der Waals surface area contributed by atoms with Gasteiger partial charge in [0.1, 0.15) is 24.1 Å². The van der Waals surface area contributed by atoms with E-state index in [1.54, 1.807) is 37.3 Å². The number of benzene rings is 3. The molecule has 9 nitrogen and oxygen atoms in total. The van der Waals surface area contributed by atoms with Crippen LogP contribution in [0.25, 0.3) is 0 Å². The van der Waals surface area contributed by atoms with E-state index < -0.39 is 28.5 Å². The molecule has 0 saturated carbocycles. The number of ether oxygens (including phenoxy) is 2. The van der Waals surface area contributed by atoms with Gasteiger partial charge in [-0.15, -0.1) is 0 Å². The molecule has 0 heterocycles. The highest BCUT2D eigenvalue weighted by molar-refractivity contribution is 7.92. The summed E-state index contributed by atoms with van der Waals surface area (Å²) in [4.78, 5) is 28.8. The van der Waals surface area contributed by atoms with E-state index in [1.165, 1.54) is 31.3 Å². The second-order valence-electron chi connectivity index (χ2n) is 9.06. The summed E-state index contributed by atoms with van der Waals surface area (Å²) < 4.78 is 37.6. The first-order valence-corrected chi connectivity index (χ1v) is 14.8. The van der Waals surface area contributed by atoms with Gasteiger partial charge in [0.2, 0.25) is 21.8 Å². The highest BCUT2D eigenvalue weighted by Gasteiger charge is 2.33. The van der Waals surface area contributed by atoms with Gasteiger partial charge in [0, 0.05) is 30.6 Å². The van der Waals surface area contributed by atoms with E-state index in [1.807, 2.05) is 30.3 Å². The van der Waals surface area contributed by atoms with Gasteiger partial charge in [-0.1, -0.05) is 54.1 Å². The zero-order valence-corrected chi connectivity index (χ0v) is 24.5. The SMILES string of the molecule is CCNC(=O)[C@H](Cc1ccccc1)N(Cc1ccc(Cl)cc1)C(=O)CN(c1ccc(OC)cc1OC)S(C)(=O)=O. The molecule has 0 aliphatic rings. The van der Waals surface area contributed by atoms with Gasteiger partial charge in [-0.05, 0) is 42.3 Å². The lowest BCUT2D eigenvalue weighted by Crippen LogP contribution is -2.53. The third-order valence-electron chi connectivity index (χ3n) is 6.22. The fraction of sp³-hybridized carbons (Fsp3) is 0.310. The summed E-state index contributed by atoms with van der Waals surface area (Å²) in [5.74, 6) is -0.234. The van der Waals surface area contributed by atoms with Gasteiger partial charge in [0.25, 0.3) is 0 Å². The molecule has 40 heavy (non-hydrogen) atoms. The average Bonchev–Trinajstić information content (AvgIpc) is 2.94. The summed E-state index contributed by atoms with van der Waals surface area (Å²) in [6.07, 6.45) is 1.25. The van der Waals surface area contributed by atoms with Crippen molar-refractivity contribution in [3.8, 4) is 11.5 Å².